The molecule has 4 N–H and O–H groups in total. The van der Waals surface area contributed by atoms with Gasteiger partial charge in [0.05, 0.1) is 17.6 Å². The van der Waals surface area contributed by atoms with E-state index in [1.165, 1.54) is 0 Å². The molecule has 0 unspecified atom stereocenters. The summed E-state index contributed by atoms with van der Waals surface area (Å²) in [6, 6.07) is 12.5. The fraction of sp³-hybridized carbons (Fsp3) is 0.211. The molecule has 0 aliphatic carbocycles. The number of carbonyl (C=O) groups is 2. The summed E-state index contributed by atoms with van der Waals surface area (Å²) in [5.74, 6) is -0.159. The monoisotopic (exact) mass is 368 g/mol. The van der Waals surface area contributed by atoms with Crippen LogP contribution in [-0.2, 0) is 16.0 Å². The molecule has 0 saturated heterocycles. The molecule has 1 heterocycles. The van der Waals surface area contributed by atoms with Crippen molar-refractivity contribution in [2.24, 2.45) is 0 Å². The van der Waals surface area contributed by atoms with Gasteiger partial charge in [-0.15, -0.1) is 0 Å². The van der Waals surface area contributed by atoms with Crippen LogP contribution in [0.2, 0.25) is 0 Å². The summed E-state index contributed by atoms with van der Waals surface area (Å²) in [5.41, 5.74) is 2.56. The topological polar surface area (TPSA) is 116 Å². The van der Waals surface area contributed by atoms with Crippen LogP contribution in [0.1, 0.15) is 12.5 Å². The van der Waals surface area contributed by atoms with Crippen LogP contribution in [0.5, 0.6) is 5.75 Å². The first-order valence-corrected chi connectivity index (χ1v) is 8.54. The Hall–Kier alpha value is -3.55. The minimum atomic E-state index is -0.391. The van der Waals surface area contributed by atoms with Crippen LogP contribution in [0, 0.1) is 0 Å². The predicted molar refractivity (Wildman–Crippen MR) is 102 cm³/mol. The smallest absolute Gasteiger partial charge is 0.323 e. The zero-order chi connectivity index (χ0) is 19.2. The molecule has 0 fully saturated rings. The van der Waals surface area contributed by atoms with Crippen molar-refractivity contribution in [1.82, 2.24) is 15.3 Å². The van der Waals surface area contributed by atoms with E-state index in [2.05, 4.69) is 20.6 Å². The Kier molecular flexibility index (Phi) is 5.55. The van der Waals surface area contributed by atoms with Crippen LogP contribution in [0.15, 0.2) is 47.3 Å². The van der Waals surface area contributed by atoms with Crippen LogP contribution in [0.3, 0.4) is 0 Å². The highest BCUT2D eigenvalue weighted by atomic mass is 16.5. The van der Waals surface area contributed by atoms with Crippen molar-refractivity contribution >= 4 is 28.5 Å². The number of hydrogen-bond donors (Lipinski definition) is 4. The average molecular weight is 368 g/mol. The van der Waals surface area contributed by atoms with Gasteiger partial charge in [0, 0.05) is 5.69 Å². The molecule has 0 saturated carbocycles. The number of nitrogens with one attached hydrogen (secondary N) is 4. The van der Waals surface area contributed by atoms with Crippen molar-refractivity contribution in [3.63, 3.8) is 0 Å². The van der Waals surface area contributed by atoms with Gasteiger partial charge in [0.1, 0.15) is 5.75 Å². The lowest BCUT2D eigenvalue weighted by Gasteiger charge is -2.09. The number of benzene rings is 2. The van der Waals surface area contributed by atoms with E-state index < -0.39 is 5.91 Å². The normalized spacial score (nSPS) is 10.6. The van der Waals surface area contributed by atoms with E-state index in [1.807, 2.05) is 25.1 Å². The molecule has 2 aromatic carbocycles. The molecule has 0 atom stereocenters. The maximum atomic E-state index is 12.0. The summed E-state index contributed by atoms with van der Waals surface area (Å²) >= 11 is 0. The van der Waals surface area contributed by atoms with Gasteiger partial charge in [0.2, 0.25) is 5.91 Å². The molecule has 1 aromatic heterocycles. The molecule has 2 amide bonds. The summed E-state index contributed by atoms with van der Waals surface area (Å²) in [4.78, 5) is 40.3. The number of aromatic amines is 2. The van der Waals surface area contributed by atoms with Gasteiger partial charge in [-0.2, -0.15) is 0 Å². The quantitative estimate of drug-likeness (QED) is 0.506. The molecule has 0 radical (unpaired) electrons. The number of imidazole rings is 1. The average Bonchev–Trinajstić information content (AvgIpc) is 3.04. The summed E-state index contributed by atoms with van der Waals surface area (Å²) in [6.45, 7) is 1.69. The molecule has 0 bridgehead atoms. The van der Waals surface area contributed by atoms with E-state index >= 15 is 0 Å². The second-order valence-electron chi connectivity index (χ2n) is 5.95. The zero-order valence-corrected chi connectivity index (χ0v) is 14.8. The first-order chi connectivity index (χ1) is 13.0. The molecule has 3 aromatic rings. The van der Waals surface area contributed by atoms with Crippen molar-refractivity contribution in [3.05, 3.63) is 58.5 Å². The number of H-pyrrole nitrogens is 2. The highest BCUT2D eigenvalue weighted by molar-refractivity contribution is 5.96. The SMILES string of the molecule is CCc1cccc(OCC(=O)NCC(=O)Nc2ccc3[nH]c(=O)[nH]c3c2)c1. The van der Waals surface area contributed by atoms with E-state index in [4.69, 9.17) is 4.74 Å². The Bertz CT molecular complexity index is 1020. The van der Waals surface area contributed by atoms with Gasteiger partial charge in [0.25, 0.3) is 5.91 Å². The van der Waals surface area contributed by atoms with Crippen LogP contribution in [0.25, 0.3) is 11.0 Å². The van der Waals surface area contributed by atoms with Crippen molar-refractivity contribution < 1.29 is 14.3 Å². The van der Waals surface area contributed by atoms with Gasteiger partial charge in [-0.3, -0.25) is 9.59 Å². The number of fused-ring (bicyclic) bond motifs is 1. The Morgan fingerprint density at radius 3 is 2.67 bits per heavy atom. The van der Waals surface area contributed by atoms with Crippen molar-refractivity contribution in [1.29, 1.82) is 0 Å². The second kappa shape index (κ2) is 8.22. The molecule has 0 aliphatic rings. The largest absolute Gasteiger partial charge is 0.484 e. The lowest BCUT2D eigenvalue weighted by molar-refractivity contribution is -0.125. The highest BCUT2D eigenvalue weighted by Crippen LogP contribution is 2.14. The Morgan fingerprint density at radius 2 is 1.85 bits per heavy atom. The van der Waals surface area contributed by atoms with E-state index in [0.717, 1.165) is 12.0 Å². The van der Waals surface area contributed by atoms with Gasteiger partial charge in [0.15, 0.2) is 6.61 Å². The second-order valence-corrected chi connectivity index (χ2v) is 5.95. The van der Waals surface area contributed by atoms with Gasteiger partial charge in [-0.1, -0.05) is 19.1 Å². The Labute approximate surface area is 154 Å². The van der Waals surface area contributed by atoms with E-state index in [9.17, 15) is 14.4 Å². The van der Waals surface area contributed by atoms with Gasteiger partial charge in [-0.25, -0.2) is 4.79 Å². The van der Waals surface area contributed by atoms with Crippen LogP contribution in [0.4, 0.5) is 5.69 Å². The van der Waals surface area contributed by atoms with Crippen molar-refractivity contribution in [3.8, 4) is 5.75 Å². The first-order valence-electron chi connectivity index (χ1n) is 8.54. The zero-order valence-electron chi connectivity index (χ0n) is 14.8. The van der Waals surface area contributed by atoms with Crippen LogP contribution < -0.4 is 21.1 Å². The number of aryl methyl sites for hydroxylation is 1. The minimum Gasteiger partial charge on any atom is -0.484 e. The molecule has 3 rings (SSSR count). The summed E-state index contributed by atoms with van der Waals surface area (Å²) < 4.78 is 5.43. The fourth-order valence-corrected chi connectivity index (χ4v) is 2.55. The van der Waals surface area contributed by atoms with E-state index in [-0.39, 0.29) is 24.7 Å². The number of ether oxygens (including phenoxy) is 1. The standard InChI is InChI=1S/C19H20N4O4/c1-2-12-4-3-5-14(8-12)27-11-18(25)20-10-17(24)21-13-6-7-15-16(9-13)23-19(26)22-15/h3-9H,2,10-11H2,1H3,(H,20,25)(H,21,24)(H2,22,23,26). The van der Waals surface area contributed by atoms with Gasteiger partial charge in [-0.05, 0) is 42.3 Å². The predicted octanol–water partition coefficient (Wildman–Crippen LogP) is 1.55. The first kappa shape index (κ1) is 18.2. The molecule has 8 nitrogen and oxygen atoms in total. The minimum absolute atomic E-state index is 0.170. The third-order valence-electron chi connectivity index (χ3n) is 3.92. The maximum absolute atomic E-state index is 12.0. The van der Waals surface area contributed by atoms with Gasteiger partial charge >= 0.3 is 5.69 Å². The Morgan fingerprint density at radius 1 is 1.04 bits per heavy atom. The molecule has 0 aliphatic heterocycles. The number of hydrogen-bond acceptors (Lipinski definition) is 4. The van der Waals surface area contributed by atoms with Crippen LogP contribution >= 0.6 is 0 Å². The third-order valence-corrected chi connectivity index (χ3v) is 3.92. The fourth-order valence-electron chi connectivity index (χ4n) is 2.55. The number of anilines is 1. The summed E-state index contributed by atoms with van der Waals surface area (Å²) in [7, 11) is 0. The van der Waals surface area contributed by atoms with E-state index in [1.54, 1.807) is 24.3 Å². The lowest BCUT2D eigenvalue weighted by atomic mass is 10.2. The summed E-state index contributed by atoms with van der Waals surface area (Å²) in [6.07, 6.45) is 0.881. The maximum Gasteiger partial charge on any atom is 0.323 e. The molecule has 27 heavy (non-hydrogen) atoms. The summed E-state index contributed by atoms with van der Waals surface area (Å²) in [5, 5.41) is 5.16. The molecule has 8 heteroatoms. The highest BCUT2D eigenvalue weighted by Gasteiger charge is 2.08. The number of amides is 2. The van der Waals surface area contributed by atoms with Gasteiger partial charge < -0.3 is 25.3 Å². The number of aromatic nitrogens is 2. The number of rotatable bonds is 7. The Balaban J connectivity index is 1.46. The molecule has 140 valence electrons. The molecular weight excluding hydrogens is 348 g/mol. The number of carbonyl (C=O) groups excluding carboxylic acids is 2. The molecular formula is C19H20N4O4. The van der Waals surface area contributed by atoms with Crippen LogP contribution in [-0.4, -0.2) is 34.9 Å². The molecule has 0 spiro atoms. The lowest BCUT2D eigenvalue weighted by Crippen LogP contribution is -2.35. The van der Waals surface area contributed by atoms with E-state index in [0.29, 0.717) is 22.5 Å². The third kappa shape index (κ3) is 4.97. The van der Waals surface area contributed by atoms with Crippen molar-refractivity contribution in [2.45, 2.75) is 13.3 Å². The van der Waals surface area contributed by atoms with Crippen molar-refractivity contribution in [2.75, 3.05) is 18.5 Å².